The Hall–Kier alpha value is -1.48. The average molecular weight is 237 g/mol. The lowest BCUT2D eigenvalue weighted by Gasteiger charge is -2.08. The summed E-state index contributed by atoms with van der Waals surface area (Å²) in [6, 6.07) is 7.53. The molecule has 2 aromatic rings. The van der Waals surface area contributed by atoms with Gasteiger partial charge in [-0.1, -0.05) is 11.6 Å². The highest BCUT2D eigenvalue weighted by molar-refractivity contribution is 6.35. The Morgan fingerprint density at radius 3 is 2.81 bits per heavy atom. The summed E-state index contributed by atoms with van der Waals surface area (Å²) in [7, 11) is 1.64. The lowest BCUT2D eigenvalue weighted by atomic mass is 10.2. The Balaban J connectivity index is 2.63. The Labute approximate surface area is 99.4 Å². The van der Waals surface area contributed by atoms with Crippen LogP contribution in [-0.2, 0) is 0 Å². The Kier molecular flexibility index (Phi) is 3.15. The maximum Gasteiger partial charge on any atom is 0.128 e. The summed E-state index contributed by atoms with van der Waals surface area (Å²) in [6.07, 6.45) is 0. The lowest BCUT2D eigenvalue weighted by molar-refractivity contribution is 0.420. The van der Waals surface area contributed by atoms with Gasteiger partial charge in [-0.25, -0.2) is 4.98 Å². The van der Waals surface area contributed by atoms with Crippen molar-refractivity contribution in [2.75, 3.05) is 19.0 Å². The van der Waals surface area contributed by atoms with Crippen LogP contribution in [0.5, 0.6) is 5.75 Å². The van der Waals surface area contributed by atoms with Gasteiger partial charge in [0.25, 0.3) is 0 Å². The summed E-state index contributed by atoms with van der Waals surface area (Å²) < 4.78 is 5.26. The number of pyridine rings is 1. The third-order valence-corrected chi connectivity index (χ3v) is 2.65. The van der Waals surface area contributed by atoms with E-state index in [0.717, 1.165) is 29.0 Å². The monoisotopic (exact) mass is 236 g/mol. The fraction of sp³-hybridized carbons (Fsp3) is 0.250. The minimum atomic E-state index is 0.635. The molecule has 2 rings (SSSR count). The van der Waals surface area contributed by atoms with Crippen molar-refractivity contribution in [1.82, 2.24) is 4.98 Å². The first-order chi connectivity index (χ1) is 7.76. The highest BCUT2D eigenvalue weighted by atomic mass is 35.5. The second-order valence-electron chi connectivity index (χ2n) is 3.37. The van der Waals surface area contributed by atoms with Gasteiger partial charge in [0.15, 0.2) is 0 Å². The number of nitrogens with zero attached hydrogens (tertiary/aromatic N) is 1. The molecular formula is C12H13ClN2O. The molecule has 0 amide bonds. The van der Waals surface area contributed by atoms with Crippen LogP contribution in [0.3, 0.4) is 0 Å². The molecule has 4 heteroatoms. The Morgan fingerprint density at radius 1 is 1.31 bits per heavy atom. The van der Waals surface area contributed by atoms with Crippen molar-refractivity contribution in [3.8, 4) is 5.75 Å². The number of halogens is 1. The van der Waals surface area contributed by atoms with Crippen molar-refractivity contribution < 1.29 is 4.74 Å². The first kappa shape index (κ1) is 11.0. The summed E-state index contributed by atoms with van der Waals surface area (Å²) in [4.78, 5) is 4.45. The van der Waals surface area contributed by atoms with Gasteiger partial charge >= 0.3 is 0 Å². The van der Waals surface area contributed by atoms with Crippen LogP contribution in [-0.4, -0.2) is 18.6 Å². The van der Waals surface area contributed by atoms with Gasteiger partial charge < -0.3 is 10.1 Å². The number of hydrogen-bond acceptors (Lipinski definition) is 3. The van der Waals surface area contributed by atoms with Crippen LogP contribution >= 0.6 is 11.6 Å². The summed E-state index contributed by atoms with van der Waals surface area (Å²) in [5.74, 6) is 1.61. The summed E-state index contributed by atoms with van der Waals surface area (Å²) in [6.45, 7) is 2.86. The van der Waals surface area contributed by atoms with E-state index >= 15 is 0 Å². The number of aromatic nitrogens is 1. The van der Waals surface area contributed by atoms with Crippen molar-refractivity contribution in [2.24, 2.45) is 0 Å². The van der Waals surface area contributed by atoms with Gasteiger partial charge in [0.1, 0.15) is 11.6 Å². The van der Waals surface area contributed by atoms with E-state index in [-0.39, 0.29) is 0 Å². The molecule has 16 heavy (non-hydrogen) atoms. The van der Waals surface area contributed by atoms with E-state index in [1.165, 1.54) is 0 Å². The second-order valence-corrected chi connectivity index (χ2v) is 3.78. The molecule has 0 aliphatic carbocycles. The SMILES string of the molecule is CCNc1ccc2c(OC)ccc(Cl)c2n1. The van der Waals surface area contributed by atoms with Crippen LogP contribution in [0.15, 0.2) is 24.3 Å². The van der Waals surface area contributed by atoms with Crippen molar-refractivity contribution in [3.05, 3.63) is 29.3 Å². The molecule has 0 aliphatic heterocycles. The lowest BCUT2D eigenvalue weighted by Crippen LogP contribution is -1.99. The van der Waals surface area contributed by atoms with Crippen molar-refractivity contribution in [1.29, 1.82) is 0 Å². The highest BCUT2D eigenvalue weighted by Crippen LogP contribution is 2.30. The fourth-order valence-corrected chi connectivity index (χ4v) is 1.82. The Bertz CT molecular complexity index is 514. The molecule has 0 aliphatic rings. The van der Waals surface area contributed by atoms with Crippen LogP contribution in [0, 0.1) is 0 Å². The third-order valence-electron chi connectivity index (χ3n) is 2.35. The fourth-order valence-electron chi connectivity index (χ4n) is 1.62. The molecule has 1 N–H and O–H groups in total. The van der Waals surface area contributed by atoms with E-state index in [9.17, 15) is 0 Å². The molecule has 0 spiro atoms. The normalized spacial score (nSPS) is 10.4. The quantitative estimate of drug-likeness (QED) is 0.888. The van der Waals surface area contributed by atoms with Crippen LogP contribution in [0.25, 0.3) is 10.9 Å². The molecule has 0 radical (unpaired) electrons. The number of methoxy groups -OCH3 is 1. The maximum atomic E-state index is 6.11. The summed E-state index contributed by atoms with van der Waals surface area (Å²) in [5.41, 5.74) is 0.763. The third kappa shape index (κ3) is 1.91. The van der Waals surface area contributed by atoms with E-state index in [1.54, 1.807) is 13.2 Å². The van der Waals surface area contributed by atoms with Crippen molar-refractivity contribution >= 4 is 28.3 Å². The molecule has 84 valence electrons. The van der Waals surface area contributed by atoms with Gasteiger partial charge in [-0.2, -0.15) is 0 Å². The molecule has 0 atom stereocenters. The summed E-state index contributed by atoms with van der Waals surface area (Å²) in [5, 5.41) is 4.72. The highest BCUT2D eigenvalue weighted by Gasteiger charge is 2.07. The smallest absolute Gasteiger partial charge is 0.128 e. The molecule has 1 aromatic carbocycles. The topological polar surface area (TPSA) is 34.1 Å². The van der Waals surface area contributed by atoms with E-state index in [4.69, 9.17) is 16.3 Å². The first-order valence-electron chi connectivity index (χ1n) is 5.13. The molecular weight excluding hydrogens is 224 g/mol. The number of rotatable bonds is 3. The molecule has 0 fully saturated rings. The zero-order valence-electron chi connectivity index (χ0n) is 9.25. The molecule has 3 nitrogen and oxygen atoms in total. The molecule has 1 aromatic heterocycles. The van der Waals surface area contributed by atoms with Gasteiger partial charge in [0.05, 0.1) is 17.6 Å². The zero-order chi connectivity index (χ0) is 11.5. The predicted molar refractivity (Wildman–Crippen MR) is 67.5 cm³/mol. The van der Waals surface area contributed by atoms with Crippen molar-refractivity contribution in [3.63, 3.8) is 0 Å². The standard InChI is InChI=1S/C12H13ClN2O/c1-3-14-11-7-4-8-10(16-2)6-5-9(13)12(8)15-11/h4-7H,3H2,1-2H3,(H,14,15). The molecule has 0 saturated heterocycles. The van der Waals surface area contributed by atoms with Gasteiger partial charge in [-0.15, -0.1) is 0 Å². The number of benzene rings is 1. The maximum absolute atomic E-state index is 6.11. The van der Waals surface area contributed by atoms with Crippen LogP contribution in [0.2, 0.25) is 5.02 Å². The predicted octanol–water partition coefficient (Wildman–Crippen LogP) is 3.33. The number of nitrogens with one attached hydrogen (secondary N) is 1. The molecule has 1 heterocycles. The average Bonchev–Trinajstić information content (AvgIpc) is 2.31. The van der Waals surface area contributed by atoms with Crippen LogP contribution < -0.4 is 10.1 Å². The molecule has 0 bridgehead atoms. The first-order valence-corrected chi connectivity index (χ1v) is 5.51. The number of fused-ring (bicyclic) bond motifs is 1. The number of anilines is 1. The molecule has 0 unspecified atom stereocenters. The van der Waals surface area contributed by atoms with E-state index in [2.05, 4.69) is 10.3 Å². The van der Waals surface area contributed by atoms with Crippen LogP contribution in [0.1, 0.15) is 6.92 Å². The van der Waals surface area contributed by atoms with Crippen LogP contribution in [0.4, 0.5) is 5.82 Å². The summed E-state index contributed by atoms with van der Waals surface area (Å²) >= 11 is 6.11. The van der Waals surface area contributed by atoms with Crippen molar-refractivity contribution in [2.45, 2.75) is 6.92 Å². The number of ether oxygens (including phenoxy) is 1. The largest absolute Gasteiger partial charge is 0.496 e. The van der Waals surface area contributed by atoms with Gasteiger partial charge in [-0.3, -0.25) is 0 Å². The second kappa shape index (κ2) is 4.58. The minimum Gasteiger partial charge on any atom is -0.496 e. The molecule has 0 saturated carbocycles. The van der Waals surface area contributed by atoms with E-state index in [1.807, 2.05) is 25.1 Å². The Morgan fingerprint density at radius 2 is 2.12 bits per heavy atom. The minimum absolute atomic E-state index is 0.635. The van der Waals surface area contributed by atoms with Gasteiger partial charge in [0.2, 0.25) is 0 Å². The van der Waals surface area contributed by atoms with Gasteiger partial charge in [-0.05, 0) is 31.2 Å². The number of hydrogen-bond donors (Lipinski definition) is 1. The van der Waals surface area contributed by atoms with Gasteiger partial charge in [0, 0.05) is 11.9 Å². The van der Waals surface area contributed by atoms with E-state index in [0.29, 0.717) is 5.02 Å². The zero-order valence-corrected chi connectivity index (χ0v) is 10.0. The van der Waals surface area contributed by atoms with E-state index < -0.39 is 0 Å².